The Morgan fingerprint density at radius 1 is 1.27 bits per heavy atom. The van der Waals surface area contributed by atoms with Gasteiger partial charge in [0.25, 0.3) is 0 Å². The number of furan rings is 1. The predicted molar refractivity (Wildman–Crippen MR) is 75.4 cm³/mol. The second kappa shape index (κ2) is 5.65. The fraction of sp³-hybridized carbons (Fsp3) is 0. The van der Waals surface area contributed by atoms with Crippen molar-refractivity contribution in [2.24, 2.45) is 0 Å². The van der Waals surface area contributed by atoms with Gasteiger partial charge in [-0.2, -0.15) is 5.10 Å². The summed E-state index contributed by atoms with van der Waals surface area (Å²) < 4.78 is 18.0. The first-order chi connectivity index (χ1) is 10.6. The van der Waals surface area contributed by atoms with E-state index in [1.165, 1.54) is 43.1 Å². The topological polar surface area (TPSA) is 92.0 Å². The molecule has 0 saturated heterocycles. The maximum absolute atomic E-state index is 13.0. The molecule has 2 heterocycles. The minimum atomic E-state index is -0.477. The van der Waals surface area contributed by atoms with Gasteiger partial charge in [0.05, 0.1) is 11.8 Å². The Kier molecular flexibility index (Phi) is 3.53. The molecule has 0 saturated carbocycles. The minimum Gasteiger partial charge on any atom is -0.504 e. The van der Waals surface area contributed by atoms with E-state index in [2.05, 4.69) is 15.2 Å². The first-order valence-electron chi connectivity index (χ1n) is 6.28. The van der Waals surface area contributed by atoms with E-state index in [1.54, 1.807) is 0 Å². The Morgan fingerprint density at radius 3 is 2.73 bits per heavy atom. The zero-order chi connectivity index (χ0) is 15.5. The van der Waals surface area contributed by atoms with Crippen molar-refractivity contribution in [3.8, 4) is 11.1 Å². The molecular weight excluding hydrogens is 289 g/mol. The highest BCUT2D eigenvalue weighted by molar-refractivity contribution is 6.11. The molecule has 22 heavy (non-hydrogen) atoms. The van der Waals surface area contributed by atoms with E-state index in [9.17, 15) is 14.3 Å². The molecule has 7 heteroatoms. The molecule has 0 fully saturated rings. The summed E-state index contributed by atoms with van der Waals surface area (Å²) >= 11 is 0. The standard InChI is InChI=1S/C15H10FN3O3/c16-10-3-1-9(2-4-10)11-6-22-7-12(11)13(20)5-14(21)15-17-8-18-19-15/h1-8,21H,(H,17,18,19). The average molecular weight is 299 g/mol. The quantitative estimate of drug-likeness (QED) is 0.439. The van der Waals surface area contributed by atoms with Gasteiger partial charge in [0.15, 0.2) is 11.5 Å². The molecule has 2 N–H and O–H groups in total. The zero-order valence-electron chi connectivity index (χ0n) is 11.2. The van der Waals surface area contributed by atoms with Gasteiger partial charge in [-0.3, -0.25) is 9.89 Å². The number of hydrogen-bond donors (Lipinski definition) is 2. The fourth-order valence-electron chi connectivity index (χ4n) is 1.94. The van der Waals surface area contributed by atoms with Crippen molar-refractivity contribution in [2.75, 3.05) is 0 Å². The van der Waals surface area contributed by atoms with Gasteiger partial charge in [0, 0.05) is 11.6 Å². The average Bonchev–Trinajstić information content (AvgIpc) is 3.19. The van der Waals surface area contributed by atoms with E-state index >= 15 is 0 Å². The van der Waals surface area contributed by atoms with Crippen LogP contribution in [0.3, 0.4) is 0 Å². The van der Waals surface area contributed by atoms with Gasteiger partial charge in [0.1, 0.15) is 18.4 Å². The fourth-order valence-corrected chi connectivity index (χ4v) is 1.94. The molecule has 0 radical (unpaired) electrons. The number of halogens is 1. The van der Waals surface area contributed by atoms with Crippen molar-refractivity contribution in [1.82, 2.24) is 15.2 Å². The SMILES string of the molecule is O=C(C=C(O)c1nc[nH]n1)c1cocc1-c1ccc(F)cc1. The first-order valence-corrected chi connectivity index (χ1v) is 6.28. The number of nitrogens with one attached hydrogen (secondary N) is 1. The Hall–Kier alpha value is -3.22. The number of aliphatic hydroxyl groups excluding tert-OH is 1. The summed E-state index contributed by atoms with van der Waals surface area (Å²) in [4.78, 5) is 16.0. The molecule has 0 unspecified atom stereocenters. The van der Waals surface area contributed by atoms with Crippen molar-refractivity contribution in [3.63, 3.8) is 0 Å². The molecule has 1 aromatic carbocycles. The van der Waals surface area contributed by atoms with Crippen LogP contribution in [0.25, 0.3) is 16.9 Å². The largest absolute Gasteiger partial charge is 0.504 e. The summed E-state index contributed by atoms with van der Waals surface area (Å²) in [5.74, 6) is -1.20. The van der Waals surface area contributed by atoms with E-state index in [4.69, 9.17) is 4.42 Å². The third-order valence-electron chi connectivity index (χ3n) is 2.99. The van der Waals surface area contributed by atoms with E-state index in [0.29, 0.717) is 11.1 Å². The van der Waals surface area contributed by atoms with Crippen LogP contribution in [-0.4, -0.2) is 26.1 Å². The highest BCUT2D eigenvalue weighted by Crippen LogP contribution is 2.26. The lowest BCUT2D eigenvalue weighted by Crippen LogP contribution is -1.98. The van der Waals surface area contributed by atoms with Crippen molar-refractivity contribution in [2.45, 2.75) is 0 Å². The molecule has 3 aromatic rings. The number of rotatable bonds is 4. The summed E-state index contributed by atoms with van der Waals surface area (Å²) in [5.41, 5.74) is 1.38. The normalized spacial score (nSPS) is 11.6. The lowest BCUT2D eigenvalue weighted by atomic mass is 10.0. The second-order valence-electron chi connectivity index (χ2n) is 4.42. The van der Waals surface area contributed by atoms with E-state index < -0.39 is 5.78 Å². The molecule has 0 aliphatic heterocycles. The molecule has 0 atom stereocenters. The molecule has 3 rings (SSSR count). The molecule has 0 aliphatic rings. The monoisotopic (exact) mass is 299 g/mol. The number of aromatic amines is 1. The van der Waals surface area contributed by atoms with Crippen LogP contribution in [-0.2, 0) is 0 Å². The molecular formula is C15H10FN3O3. The molecule has 0 bridgehead atoms. The van der Waals surface area contributed by atoms with Gasteiger partial charge in [-0.1, -0.05) is 12.1 Å². The highest BCUT2D eigenvalue weighted by atomic mass is 19.1. The Balaban J connectivity index is 1.93. The Labute approximate surface area is 123 Å². The number of hydrogen-bond acceptors (Lipinski definition) is 5. The second-order valence-corrected chi connectivity index (χ2v) is 4.42. The van der Waals surface area contributed by atoms with Crippen LogP contribution in [0.4, 0.5) is 4.39 Å². The Morgan fingerprint density at radius 2 is 2.05 bits per heavy atom. The lowest BCUT2D eigenvalue weighted by molar-refractivity contribution is 0.104. The van der Waals surface area contributed by atoms with Crippen LogP contribution in [0.15, 0.2) is 53.6 Å². The summed E-state index contributed by atoms with van der Waals surface area (Å²) in [7, 11) is 0. The molecule has 6 nitrogen and oxygen atoms in total. The maximum atomic E-state index is 13.0. The van der Waals surface area contributed by atoms with E-state index in [1.807, 2.05) is 0 Å². The molecule has 2 aromatic heterocycles. The van der Waals surface area contributed by atoms with Gasteiger partial charge < -0.3 is 9.52 Å². The first kappa shape index (κ1) is 13.7. The lowest BCUT2D eigenvalue weighted by Gasteiger charge is -2.00. The van der Waals surface area contributed by atoms with Crippen molar-refractivity contribution in [1.29, 1.82) is 0 Å². The van der Waals surface area contributed by atoms with E-state index in [0.717, 1.165) is 6.08 Å². The van der Waals surface area contributed by atoms with Crippen LogP contribution < -0.4 is 0 Å². The van der Waals surface area contributed by atoms with Crippen molar-refractivity contribution in [3.05, 3.63) is 66.4 Å². The number of H-pyrrole nitrogens is 1. The van der Waals surface area contributed by atoms with Gasteiger partial charge >= 0.3 is 0 Å². The number of nitrogens with zero attached hydrogens (tertiary/aromatic N) is 2. The molecule has 0 aliphatic carbocycles. The highest BCUT2D eigenvalue weighted by Gasteiger charge is 2.16. The van der Waals surface area contributed by atoms with E-state index in [-0.39, 0.29) is 23.0 Å². The summed E-state index contributed by atoms with van der Waals surface area (Å²) in [6.07, 6.45) is 4.94. The number of carbonyl (C=O) groups excluding carboxylic acids is 1. The summed E-state index contributed by atoms with van der Waals surface area (Å²) in [6.45, 7) is 0. The van der Waals surface area contributed by atoms with Gasteiger partial charge in [-0.15, -0.1) is 0 Å². The predicted octanol–water partition coefficient (Wildman–Crippen LogP) is 2.99. The third kappa shape index (κ3) is 2.64. The van der Waals surface area contributed by atoms with Crippen LogP contribution in [0.2, 0.25) is 0 Å². The minimum absolute atomic E-state index is 0.0141. The number of carbonyl (C=O) groups is 1. The van der Waals surface area contributed by atoms with Gasteiger partial charge in [0.2, 0.25) is 5.82 Å². The molecule has 0 spiro atoms. The zero-order valence-corrected chi connectivity index (χ0v) is 11.2. The number of aliphatic hydroxyl groups is 1. The molecule has 110 valence electrons. The van der Waals surface area contributed by atoms with Gasteiger partial charge in [-0.05, 0) is 17.7 Å². The van der Waals surface area contributed by atoms with Crippen molar-refractivity contribution >= 4 is 11.5 Å². The van der Waals surface area contributed by atoms with Crippen LogP contribution in [0, 0.1) is 5.82 Å². The smallest absolute Gasteiger partial charge is 0.215 e. The number of allylic oxidation sites excluding steroid dienone is 1. The third-order valence-corrected chi connectivity index (χ3v) is 2.99. The van der Waals surface area contributed by atoms with Crippen LogP contribution in [0.5, 0.6) is 0 Å². The maximum Gasteiger partial charge on any atom is 0.215 e. The van der Waals surface area contributed by atoms with Crippen LogP contribution >= 0.6 is 0 Å². The summed E-state index contributed by atoms with van der Waals surface area (Å²) in [5, 5.41) is 15.9. The van der Waals surface area contributed by atoms with Crippen LogP contribution in [0.1, 0.15) is 16.2 Å². The molecule has 0 amide bonds. The number of benzene rings is 1. The number of ketones is 1. The van der Waals surface area contributed by atoms with Gasteiger partial charge in [-0.25, -0.2) is 9.37 Å². The Bertz CT molecular complexity index is 820. The summed E-state index contributed by atoms with van der Waals surface area (Å²) in [6, 6.07) is 5.65. The van der Waals surface area contributed by atoms with Crippen molar-refractivity contribution < 1.29 is 18.7 Å². The number of aromatic nitrogens is 3.